The number of hydrogen-bond acceptors (Lipinski definition) is 2. The van der Waals surface area contributed by atoms with Gasteiger partial charge in [0.05, 0.1) is 0 Å². The minimum Gasteiger partial charge on any atom is -0.329 e. The molecule has 1 aromatic rings. The Hall–Kier alpha value is -0.280. The predicted octanol–water partition coefficient (Wildman–Crippen LogP) is 3.08. The van der Waals surface area contributed by atoms with Gasteiger partial charge in [-0.25, -0.2) is 0 Å². The minimum atomic E-state index is 0. The van der Waals surface area contributed by atoms with E-state index in [4.69, 9.17) is 17.3 Å². The topological polar surface area (TPSA) is 29.3 Å². The van der Waals surface area contributed by atoms with Gasteiger partial charge in [-0.05, 0) is 37.9 Å². The lowest BCUT2D eigenvalue weighted by Crippen LogP contribution is -2.56. The summed E-state index contributed by atoms with van der Waals surface area (Å²) in [7, 11) is 2.15. The Morgan fingerprint density at radius 3 is 2.47 bits per heavy atom. The van der Waals surface area contributed by atoms with Gasteiger partial charge in [0.25, 0.3) is 0 Å². The zero-order valence-electron chi connectivity index (χ0n) is 10.2. The van der Waals surface area contributed by atoms with Crippen LogP contribution in [-0.4, -0.2) is 24.0 Å². The highest BCUT2D eigenvalue weighted by molar-refractivity contribution is 6.31. The van der Waals surface area contributed by atoms with Crippen LogP contribution >= 0.6 is 24.0 Å². The van der Waals surface area contributed by atoms with Crippen LogP contribution < -0.4 is 5.73 Å². The molecule has 2 rings (SSSR count). The molecule has 1 saturated carbocycles. The summed E-state index contributed by atoms with van der Waals surface area (Å²) in [5.74, 6) is 0. The van der Waals surface area contributed by atoms with Crippen molar-refractivity contribution in [1.29, 1.82) is 0 Å². The normalized spacial score (nSPS) is 17.4. The van der Waals surface area contributed by atoms with Gasteiger partial charge in [0.15, 0.2) is 0 Å². The van der Waals surface area contributed by atoms with Gasteiger partial charge in [-0.2, -0.15) is 0 Å². The molecule has 96 valence electrons. The molecule has 4 heteroatoms. The Morgan fingerprint density at radius 1 is 1.35 bits per heavy atom. The lowest BCUT2D eigenvalue weighted by molar-refractivity contribution is 0.0399. The van der Waals surface area contributed by atoms with Crippen molar-refractivity contribution in [3.05, 3.63) is 34.9 Å². The summed E-state index contributed by atoms with van der Waals surface area (Å²) in [6, 6.07) is 8.03. The average Bonchev–Trinajstić information content (AvgIpc) is 2.21. The molecule has 0 heterocycles. The number of halogens is 2. The summed E-state index contributed by atoms with van der Waals surface area (Å²) in [4.78, 5) is 2.36. The second kappa shape index (κ2) is 6.05. The molecule has 0 amide bonds. The predicted molar refractivity (Wildman–Crippen MR) is 75.8 cm³/mol. The van der Waals surface area contributed by atoms with Crippen molar-refractivity contribution in [2.45, 2.75) is 31.3 Å². The van der Waals surface area contributed by atoms with E-state index >= 15 is 0 Å². The highest BCUT2D eigenvalue weighted by Gasteiger charge is 2.39. The molecule has 0 unspecified atom stereocenters. The van der Waals surface area contributed by atoms with Gasteiger partial charge in [0, 0.05) is 23.7 Å². The molecule has 0 spiro atoms. The van der Waals surface area contributed by atoms with Gasteiger partial charge in [-0.15, -0.1) is 12.4 Å². The fourth-order valence-corrected chi connectivity index (χ4v) is 2.57. The van der Waals surface area contributed by atoms with E-state index in [-0.39, 0.29) is 17.9 Å². The second-order valence-electron chi connectivity index (χ2n) is 4.73. The molecule has 0 aromatic heterocycles. The van der Waals surface area contributed by atoms with Crippen LogP contribution in [0.15, 0.2) is 24.3 Å². The maximum absolute atomic E-state index is 6.16. The number of nitrogens with zero attached hydrogens (tertiary/aromatic N) is 1. The highest BCUT2D eigenvalue weighted by atomic mass is 35.5. The van der Waals surface area contributed by atoms with Crippen molar-refractivity contribution in [3.63, 3.8) is 0 Å². The highest BCUT2D eigenvalue weighted by Crippen LogP contribution is 2.37. The van der Waals surface area contributed by atoms with Gasteiger partial charge in [0.2, 0.25) is 0 Å². The molecule has 2 nitrogen and oxygen atoms in total. The smallest absolute Gasteiger partial charge is 0.0451 e. The van der Waals surface area contributed by atoms with Gasteiger partial charge in [-0.1, -0.05) is 29.8 Å². The van der Waals surface area contributed by atoms with Gasteiger partial charge in [-0.3, -0.25) is 4.90 Å². The van der Waals surface area contributed by atoms with Crippen molar-refractivity contribution in [1.82, 2.24) is 4.90 Å². The molecule has 0 aliphatic heterocycles. The summed E-state index contributed by atoms with van der Waals surface area (Å²) in [6.07, 6.45) is 3.72. The molecular weight excluding hydrogens is 255 g/mol. The summed E-state index contributed by atoms with van der Waals surface area (Å²) in [5.41, 5.74) is 7.29. The first-order valence-electron chi connectivity index (χ1n) is 5.83. The maximum Gasteiger partial charge on any atom is 0.0451 e. The standard InChI is InChI=1S/C13H19ClN2.ClH/c1-16(13(10-15)7-4-8-13)9-11-5-2-3-6-12(11)14;/h2-3,5-6H,4,7-10,15H2,1H3;1H. The van der Waals surface area contributed by atoms with Crippen LogP contribution in [0.1, 0.15) is 24.8 Å². The van der Waals surface area contributed by atoms with Crippen molar-refractivity contribution in [2.75, 3.05) is 13.6 Å². The molecule has 0 radical (unpaired) electrons. The molecule has 1 aromatic carbocycles. The van der Waals surface area contributed by atoms with Crippen molar-refractivity contribution < 1.29 is 0 Å². The van der Waals surface area contributed by atoms with Crippen molar-refractivity contribution in [2.24, 2.45) is 5.73 Å². The second-order valence-corrected chi connectivity index (χ2v) is 5.14. The van der Waals surface area contributed by atoms with Crippen LogP contribution in [0.3, 0.4) is 0 Å². The Bertz CT molecular complexity index is 359. The fraction of sp³-hybridized carbons (Fsp3) is 0.538. The number of rotatable bonds is 4. The van der Waals surface area contributed by atoms with Crippen LogP contribution in [-0.2, 0) is 6.54 Å². The molecule has 0 saturated heterocycles. The third-order valence-corrected chi connectivity index (χ3v) is 4.21. The molecule has 1 aliphatic rings. The Morgan fingerprint density at radius 2 is 2.00 bits per heavy atom. The number of likely N-dealkylation sites (N-methyl/N-ethyl adjacent to an activating group) is 1. The van der Waals surface area contributed by atoms with E-state index in [2.05, 4.69) is 18.0 Å². The monoisotopic (exact) mass is 274 g/mol. The average molecular weight is 275 g/mol. The first kappa shape index (κ1) is 14.8. The third kappa shape index (κ3) is 2.94. The largest absolute Gasteiger partial charge is 0.329 e. The zero-order valence-corrected chi connectivity index (χ0v) is 11.7. The van der Waals surface area contributed by atoms with E-state index in [0.29, 0.717) is 0 Å². The van der Waals surface area contributed by atoms with Gasteiger partial charge in [0.1, 0.15) is 0 Å². The lowest BCUT2D eigenvalue weighted by Gasteiger charge is -2.48. The van der Waals surface area contributed by atoms with E-state index in [1.807, 2.05) is 18.2 Å². The molecule has 0 bridgehead atoms. The lowest BCUT2D eigenvalue weighted by atomic mass is 9.75. The van der Waals surface area contributed by atoms with Crippen LogP contribution in [0.2, 0.25) is 5.02 Å². The number of nitrogens with two attached hydrogens (primary N) is 1. The quantitative estimate of drug-likeness (QED) is 0.915. The first-order chi connectivity index (χ1) is 7.68. The Kier molecular flexibility index (Phi) is 5.26. The minimum absolute atomic E-state index is 0. The number of benzene rings is 1. The van der Waals surface area contributed by atoms with E-state index < -0.39 is 0 Å². The van der Waals surface area contributed by atoms with E-state index in [1.54, 1.807) is 0 Å². The molecule has 1 fully saturated rings. The van der Waals surface area contributed by atoms with Crippen LogP contribution in [0.5, 0.6) is 0 Å². The SMILES string of the molecule is CN(Cc1ccccc1Cl)C1(CN)CCC1.Cl. The van der Waals surface area contributed by atoms with Gasteiger partial charge < -0.3 is 5.73 Å². The van der Waals surface area contributed by atoms with E-state index in [9.17, 15) is 0 Å². The molecule has 0 atom stereocenters. The summed E-state index contributed by atoms with van der Waals surface area (Å²) >= 11 is 6.16. The first-order valence-corrected chi connectivity index (χ1v) is 6.20. The zero-order chi connectivity index (χ0) is 11.6. The van der Waals surface area contributed by atoms with Crippen LogP contribution in [0.25, 0.3) is 0 Å². The third-order valence-electron chi connectivity index (χ3n) is 3.84. The maximum atomic E-state index is 6.16. The Balaban J connectivity index is 0.00000144. The molecule has 17 heavy (non-hydrogen) atoms. The van der Waals surface area contributed by atoms with Crippen LogP contribution in [0.4, 0.5) is 0 Å². The Labute approximate surface area is 115 Å². The molecule has 1 aliphatic carbocycles. The summed E-state index contributed by atoms with van der Waals surface area (Å²) in [5, 5.41) is 0.848. The summed E-state index contributed by atoms with van der Waals surface area (Å²) < 4.78 is 0. The van der Waals surface area contributed by atoms with E-state index in [1.165, 1.54) is 24.8 Å². The van der Waals surface area contributed by atoms with Gasteiger partial charge >= 0.3 is 0 Å². The number of hydrogen-bond donors (Lipinski definition) is 1. The van der Waals surface area contributed by atoms with Crippen LogP contribution in [0, 0.1) is 0 Å². The fourth-order valence-electron chi connectivity index (χ4n) is 2.38. The summed E-state index contributed by atoms with van der Waals surface area (Å²) in [6.45, 7) is 1.63. The molecular formula is C13H20Cl2N2. The molecule has 2 N–H and O–H groups in total. The van der Waals surface area contributed by atoms with E-state index in [0.717, 1.165) is 18.1 Å². The van der Waals surface area contributed by atoms with Crippen molar-refractivity contribution >= 4 is 24.0 Å². The van der Waals surface area contributed by atoms with Crippen molar-refractivity contribution in [3.8, 4) is 0 Å².